The van der Waals surface area contributed by atoms with Gasteiger partial charge in [-0.2, -0.15) is 0 Å². The normalized spacial score (nSPS) is 16.5. The van der Waals surface area contributed by atoms with Gasteiger partial charge in [0.25, 0.3) is 0 Å². The first-order valence-electron chi connectivity index (χ1n) is 5.57. The van der Waals surface area contributed by atoms with Gasteiger partial charge in [0, 0.05) is 6.07 Å². The molecule has 2 rings (SSSR count). The number of thioether (sulfide) groups is 2. The highest BCUT2D eigenvalue weighted by Gasteiger charge is 2.22. The molecule has 7 heteroatoms. The topological polar surface area (TPSA) is 47.9 Å². The minimum Gasteiger partial charge on any atom is -0.493 e. The molecule has 0 atom stereocenters. The lowest BCUT2D eigenvalue weighted by molar-refractivity contribution is -0.107. The van der Waals surface area contributed by atoms with Crippen LogP contribution >= 0.6 is 35.1 Å². The maximum Gasteiger partial charge on any atom is 0.244 e. The first-order chi connectivity index (χ1) is 9.58. The van der Waals surface area contributed by atoms with Crippen LogP contribution in [0.3, 0.4) is 0 Å². The van der Waals surface area contributed by atoms with E-state index in [2.05, 4.69) is 4.99 Å². The van der Waals surface area contributed by atoms with Crippen LogP contribution in [0.4, 0.5) is 0 Å². The minimum atomic E-state index is -0.0831. The van der Waals surface area contributed by atoms with Gasteiger partial charge in [-0.25, -0.2) is 4.99 Å². The van der Waals surface area contributed by atoms with Crippen LogP contribution in [0.1, 0.15) is 5.56 Å². The number of carbonyl (C=O) groups is 1. The van der Waals surface area contributed by atoms with E-state index >= 15 is 0 Å². The summed E-state index contributed by atoms with van der Waals surface area (Å²) in [6.45, 7) is 0. The summed E-state index contributed by atoms with van der Waals surface area (Å²) in [7, 11) is 3.09. The van der Waals surface area contributed by atoms with Gasteiger partial charge in [0.1, 0.15) is 10.1 Å². The van der Waals surface area contributed by atoms with E-state index in [9.17, 15) is 4.79 Å². The van der Waals surface area contributed by atoms with Gasteiger partial charge in [-0.15, -0.1) is 11.8 Å². The van der Waals surface area contributed by atoms with E-state index in [0.29, 0.717) is 27.8 Å². The van der Waals surface area contributed by atoms with Crippen molar-refractivity contribution in [2.24, 2.45) is 4.99 Å². The summed E-state index contributed by atoms with van der Waals surface area (Å²) in [5.41, 5.74) is 1.05. The molecule has 0 fully saturated rings. The number of carbonyl (C=O) groups excluding carboxylic acids is 1. The number of hydrogen-bond donors (Lipinski definition) is 0. The zero-order chi connectivity index (χ0) is 14.7. The summed E-state index contributed by atoms with van der Waals surface area (Å²) < 4.78 is 11.1. The highest BCUT2D eigenvalue weighted by molar-refractivity contribution is 8.45. The van der Waals surface area contributed by atoms with E-state index in [4.69, 9.17) is 21.1 Å². The summed E-state index contributed by atoms with van der Waals surface area (Å²) in [6.07, 6.45) is 3.54. The second-order valence-electron chi connectivity index (χ2n) is 3.73. The number of nitrogens with zero attached hydrogens (tertiary/aromatic N) is 1. The monoisotopic (exact) mass is 329 g/mol. The van der Waals surface area contributed by atoms with Crippen LogP contribution in [0.15, 0.2) is 22.8 Å². The summed E-state index contributed by atoms with van der Waals surface area (Å²) in [5, 5.41) is 0.390. The maximum absolute atomic E-state index is 11.8. The Hall–Kier alpha value is -1.11. The van der Waals surface area contributed by atoms with Crippen molar-refractivity contribution in [2.45, 2.75) is 0 Å². The number of halogens is 1. The number of methoxy groups -OCH3 is 2. The van der Waals surface area contributed by atoms with E-state index in [1.54, 1.807) is 32.4 Å². The van der Waals surface area contributed by atoms with Gasteiger partial charge in [-0.3, -0.25) is 4.79 Å². The average molecular weight is 330 g/mol. The molecule has 0 bridgehead atoms. The van der Waals surface area contributed by atoms with Crippen LogP contribution in [0.5, 0.6) is 11.5 Å². The van der Waals surface area contributed by atoms with Crippen LogP contribution in [0, 0.1) is 0 Å². The predicted octanol–water partition coefficient (Wildman–Crippen LogP) is 3.69. The lowest BCUT2D eigenvalue weighted by Gasteiger charge is -2.09. The minimum absolute atomic E-state index is 0.0831. The molecule has 0 amide bonds. The number of ether oxygens (including phenoxy) is 2. The quantitative estimate of drug-likeness (QED) is 0.791. The molecule has 4 nitrogen and oxygen atoms in total. The molecule has 0 N–H and O–H groups in total. The number of hydrogen-bond acceptors (Lipinski definition) is 6. The summed E-state index contributed by atoms with van der Waals surface area (Å²) in [4.78, 5) is 16.1. The Labute approximate surface area is 130 Å². The zero-order valence-electron chi connectivity index (χ0n) is 11.1. The van der Waals surface area contributed by atoms with Crippen LogP contribution in [-0.4, -0.2) is 30.0 Å². The zero-order valence-corrected chi connectivity index (χ0v) is 13.5. The first-order valence-corrected chi connectivity index (χ1v) is 7.99. The molecule has 0 unspecified atom stereocenters. The molecule has 1 aliphatic rings. The lowest BCUT2D eigenvalue weighted by atomic mass is 10.1. The molecule has 20 heavy (non-hydrogen) atoms. The average Bonchev–Trinajstić information content (AvgIpc) is 2.81. The van der Waals surface area contributed by atoms with Gasteiger partial charge in [-0.1, -0.05) is 11.6 Å². The number of aliphatic imine (C=N–C) groups is 1. The predicted molar refractivity (Wildman–Crippen MR) is 86.1 cm³/mol. The first kappa shape index (κ1) is 15.3. The lowest BCUT2D eigenvalue weighted by Crippen LogP contribution is -1.93. The van der Waals surface area contributed by atoms with Crippen LogP contribution in [0.2, 0.25) is 5.02 Å². The third kappa shape index (κ3) is 3.13. The molecular formula is C13H12ClNO3S2. The van der Waals surface area contributed by atoms with Crippen LogP contribution in [0.25, 0.3) is 6.08 Å². The SMILES string of the molecule is COc1cc(Cl)c(/C=C2\N=C(SC)SC2=O)cc1OC. The molecule has 0 spiro atoms. The molecule has 0 saturated carbocycles. The molecule has 1 aliphatic heterocycles. The van der Waals surface area contributed by atoms with Crippen LogP contribution in [-0.2, 0) is 4.79 Å². The van der Waals surface area contributed by atoms with Crippen molar-refractivity contribution in [3.63, 3.8) is 0 Å². The third-order valence-electron chi connectivity index (χ3n) is 2.57. The second kappa shape index (κ2) is 6.56. The Morgan fingerprint density at radius 1 is 1.30 bits per heavy atom. The van der Waals surface area contributed by atoms with Crippen molar-refractivity contribution in [2.75, 3.05) is 20.5 Å². The van der Waals surface area contributed by atoms with Crippen molar-refractivity contribution in [1.29, 1.82) is 0 Å². The van der Waals surface area contributed by atoms with Gasteiger partial charge in [-0.05, 0) is 35.7 Å². The molecular weight excluding hydrogens is 318 g/mol. The van der Waals surface area contributed by atoms with Gasteiger partial charge < -0.3 is 9.47 Å². The largest absolute Gasteiger partial charge is 0.493 e. The molecule has 1 heterocycles. The van der Waals surface area contributed by atoms with E-state index in [1.165, 1.54) is 11.8 Å². The Bertz CT molecular complexity index is 614. The van der Waals surface area contributed by atoms with Gasteiger partial charge in [0.2, 0.25) is 5.12 Å². The fourth-order valence-electron chi connectivity index (χ4n) is 1.60. The maximum atomic E-state index is 11.8. The van der Waals surface area contributed by atoms with Crippen molar-refractivity contribution >= 4 is 50.7 Å². The van der Waals surface area contributed by atoms with Crippen LogP contribution < -0.4 is 9.47 Å². The van der Waals surface area contributed by atoms with Gasteiger partial charge in [0.05, 0.1) is 19.2 Å². The molecule has 0 saturated heterocycles. The van der Waals surface area contributed by atoms with E-state index < -0.39 is 0 Å². The summed E-state index contributed by atoms with van der Waals surface area (Å²) >= 11 is 8.75. The third-order valence-corrected chi connectivity index (χ3v) is 4.75. The Balaban J connectivity index is 2.44. The van der Waals surface area contributed by atoms with Crippen molar-refractivity contribution < 1.29 is 14.3 Å². The molecule has 0 aliphatic carbocycles. The summed E-state index contributed by atoms with van der Waals surface area (Å²) in [6, 6.07) is 3.37. The van der Waals surface area contributed by atoms with E-state index in [-0.39, 0.29) is 5.12 Å². The highest BCUT2D eigenvalue weighted by Crippen LogP contribution is 2.36. The highest BCUT2D eigenvalue weighted by atomic mass is 35.5. The Morgan fingerprint density at radius 2 is 1.95 bits per heavy atom. The van der Waals surface area contributed by atoms with Crippen molar-refractivity contribution in [3.05, 3.63) is 28.4 Å². The van der Waals surface area contributed by atoms with E-state index in [1.807, 2.05) is 6.26 Å². The van der Waals surface area contributed by atoms with Crippen molar-refractivity contribution in [3.8, 4) is 11.5 Å². The second-order valence-corrected chi connectivity index (χ2v) is 6.15. The van der Waals surface area contributed by atoms with Gasteiger partial charge in [0.15, 0.2) is 11.5 Å². The van der Waals surface area contributed by atoms with Crippen molar-refractivity contribution in [1.82, 2.24) is 0 Å². The fraction of sp³-hybridized carbons (Fsp3) is 0.231. The number of rotatable bonds is 3. The standard InChI is InChI=1S/C13H12ClNO3S2/c1-17-10-5-7(8(14)6-11(10)18-2)4-9-12(16)20-13(15-9)19-3/h4-6H,1-3H3/b9-4-. The summed E-state index contributed by atoms with van der Waals surface area (Å²) in [5.74, 6) is 1.09. The van der Waals surface area contributed by atoms with E-state index in [0.717, 1.165) is 16.1 Å². The molecule has 0 aromatic heterocycles. The molecule has 1 aromatic rings. The fourth-order valence-corrected chi connectivity index (χ4v) is 3.07. The molecule has 106 valence electrons. The molecule has 0 radical (unpaired) electrons. The van der Waals surface area contributed by atoms with Gasteiger partial charge >= 0.3 is 0 Å². The Kier molecular flexibility index (Phi) is 5.01. The molecule has 1 aromatic carbocycles. The number of benzene rings is 1. The smallest absolute Gasteiger partial charge is 0.244 e. The Morgan fingerprint density at radius 3 is 2.50 bits per heavy atom.